The summed E-state index contributed by atoms with van der Waals surface area (Å²) in [6.07, 6.45) is 2.45. The monoisotopic (exact) mass is 200 g/mol. The molecule has 2 heterocycles. The number of nitrogens with zero attached hydrogens (tertiary/aromatic N) is 1. The van der Waals surface area contributed by atoms with Gasteiger partial charge in [-0.25, -0.2) is 0 Å². The van der Waals surface area contributed by atoms with Crippen LogP contribution in [-0.2, 0) is 4.79 Å². The van der Waals surface area contributed by atoms with Gasteiger partial charge in [-0.05, 0) is 25.5 Å². The van der Waals surface area contributed by atoms with Crippen LogP contribution in [0.1, 0.15) is 19.8 Å². The van der Waals surface area contributed by atoms with E-state index in [-0.39, 0.29) is 11.9 Å². The van der Waals surface area contributed by atoms with Crippen molar-refractivity contribution < 1.29 is 4.79 Å². The summed E-state index contributed by atoms with van der Waals surface area (Å²) in [5, 5.41) is 3.18. The highest BCUT2D eigenvalue weighted by atomic mass is 32.2. The van der Waals surface area contributed by atoms with Crippen LogP contribution in [0.5, 0.6) is 0 Å². The largest absolute Gasteiger partial charge is 0.325 e. The van der Waals surface area contributed by atoms with Crippen LogP contribution in [0.15, 0.2) is 0 Å². The van der Waals surface area contributed by atoms with E-state index in [1.165, 1.54) is 18.6 Å². The molecule has 1 amide bonds. The van der Waals surface area contributed by atoms with Crippen LogP contribution in [0.25, 0.3) is 0 Å². The molecule has 0 radical (unpaired) electrons. The van der Waals surface area contributed by atoms with Gasteiger partial charge in [0.05, 0.1) is 12.7 Å². The summed E-state index contributed by atoms with van der Waals surface area (Å²) in [6.45, 7) is 2.70. The number of carbonyl (C=O) groups excluding carboxylic acids is 1. The number of hydrogen-bond donors (Lipinski definition) is 1. The van der Waals surface area contributed by atoms with Crippen molar-refractivity contribution in [1.82, 2.24) is 10.2 Å². The Kier molecular flexibility index (Phi) is 2.79. The zero-order valence-corrected chi connectivity index (χ0v) is 8.77. The maximum Gasteiger partial charge on any atom is 0.240 e. The summed E-state index contributed by atoms with van der Waals surface area (Å²) in [5.41, 5.74) is 0. The molecular formula is C9H16N2OS. The molecule has 74 valence electrons. The second-order valence-electron chi connectivity index (χ2n) is 3.76. The molecule has 4 heteroatoms. The van der Waals surface area contributed by atoms with Crippen molar-refractivity contribution in [3.63, 3.8) is 0 Å². The third-order valence-electron chi connectivity index (χ3n) is 2.80. The molecule has 1 N–H and O–H groups in total. The normalized spacial score (nSPS) is 35.5. The van der Waals surface area contributed by atoms with E-state index >= 15 is 0 Å². The maximum atomic E-state index is 11.7. The Labute approximate surface area is 83.2 Å². The second kappa shape index (κ2) is 3.88. The van der Waals surface area contributed by atoms with Gasteiger partial charge in [0, 0.05) is 11.8 Å². The van der Waals surface area contributed by atoms with Gasteiger partial charge in [0.2, 0.25) is 5.91 Å². The van der Waals surface area contributed by atoms with E-state index in [0.717, 1.165) is 12.4 Å². The molecule has 2 aliphatic heterocycles. The topological polar surface area (TPSA) is 32.3 Å². The standard InChI is InChI=1S/C9H16N2OS/c1-7-9(12)11(6-10-7)8-3-2-4-13-5-8/h7-8,10H,2-6H2,1H3. The smallest absolute Gasteiger partial charge is 0.240 e. The molecule has 2 unspecified atom stereocenters. The van der Waals surface area contributed by atoms with Crippen LogP contribution >= 0.6 is 11.8 Å². The lowest BCUT2D eigenvalue weighted by molar-refractivity contribution is -0.130. The Morgan fingerprint density at radius 1 is 1.62 bits per heavy atom. The minimum Gasteiger partial charge on any atom is -0.325 e. The second-order valence-corrected chi connectivity index (χ2v) is 4.91. The fourth-order valence-corrected chi connectivity index (χ4v) is 3.08. The molecular weight excluding hydrogens is 184 g/mol. The van der Waals surface area contributed by atoms with Crippen molar-refractivity contribution in [3.8, 4) is 0 Å². The summed E-state index contributed by atoms with van der Waals surface area (Å²) in [5.74, 6) is 2.68. The maximum absolute atomic E-state index is 11.7. The molecule has 0 aromatic rings. The average Bonchev–Trinajstić information content (AvgIpc) is 2.49. The first-order chi connectivity index (χ1) is 6.29. The van der Waals surface area contributed by atoms with Gasteiger partial charge in [-0.1, -0.05) is 0 Å². The highest BCUT2D eigenvalue weighted by Gasteiger charge is 2.33. The first kappa shape index (κ1) is 9.34. The van der Waals surface area contributed by atoms with Gasteiger partial charge < -0.3 is 4.90 Å². The lowest BCUT2D eigenvalue weighted by Gasteiger charge is -2.30. The van der Waals surface area contributed by atoms with Crippen molar-refractivity contribution in [2.24, 2.45) is 0 Å². The molecule has 0 bridgehead atoms. The third kappa shape index (κ3) is 1.83. The van der Waals surface area contributed by atoms with Gasteiger partial charge in [-0.15, -0.1) is 0 Å². The lowest BCUT2D eigenvalue weighted by atomic mass is 10.1. The van der Waals surface area contributed by atoms with Crippen molar-refractivity contribution in [1.29, 1.82) is 0 Å². The number of hydrogen-bond acceptors (Lipinski definition) is 3. The molecule has 2 fully saturated rings. The summed E-state index contributed by atoms with van der Waals surface area (Å²) >= 11 is 1.97. The van der Waals surface area contributed by atoms with Gasteiger partial charge in [0.1, 0.15) is 0 Å². The molecule has 0 aromatic carbocycles. The van der Waals surface area contributed by atoms with E-state index in [4.69, 9.17) is 0 Å². The average molecular weight is 200 g/mol. The molecule has 2 atom stereocenters. The molecule has 13 heavy (non-hydrogen) atoms. The number of thioether (sulfide) groups is 1. The van der Waals surface area contributed by atoms with Gasteiger partial charge >= 0.3 is 0 Å². The first-order valence-electron chi connectivity index (χ1n) is 4.90. The Balaban J connectivity index is 1.96. The summed E-state index contributed by atoms with van der Waals surface area (Å²) in [7, 11) is 0. The van der Waals surface area contributed by atoms with Crippen LogP contribution in [0.3, 0.4) is 0 Å². The fraction of sp³-hybridized carbons (Fsp3) is 0.889. The van der Waals surface area contributed by atoms with Crippen molar-refractivity contribution in [3.05, 3.63) is 0 Å². The van der Waals surface area contributed by atoms with E-state index < -0.39 is 0 Å². The Morgan fingerprint density at radius 3 is 3.00 bits per heavy atom. The number of carbonyl (C=O) groups is 1. The van der Waals surface area contributed by atoms with Crippen LogP contribution in [0, 0.1) is 0 Å². The van der Waals surface area contributed by atoms with Crippen LogP contribution < -0.4 is 5.32 Å². The third-order valence-corrected chi connectivity index (χ3v) is 4.00. The van der Waals surface area contributed by atoms with Crippen LogP contribution in [-0.4, -0.2) is 41.1 Å². The van der Waals surface area contributed by atoms with Crippen LogP contribution in [0.4, 0.5) is 0 Å². The molecule has 0 aromatic heterocycles. The van der Waals surface area contributed by atoms with Gasteiger partial charge in [0.25, 0.3) is 0 Å². The number of rotatable bonds is 1. The Hall–Kier alpha value is -0.220. The molecule has 2 rings (SSSR count). The zero-order valence-electron chi connectivity index (χ0n) is 7.95. The molecule has 0 spiro atoms. The lowest BCUT2D eigenvalue weighted by Crippen LogP contribution is -2.41. The summed E-state index contributed by atoms with van der Waals surface area (Å²) in [4.78, 5) is 13.7. The SMILES string of the molecule is CC1NCN(C2CCCSC2)C1=O. The predicted molar refractivity (Wildman–Crippen MR) is 54.7 cm³/mol. The van der Waals surface area contributed by atoms with Crippen molar-refractivity contribution >= 4 is 17.7 Å². The van der Waals surface area contributed by atoms with E-state index in [9.17, 15) is 4.79 Å². The molecule has 2 saturated heterocycles. The van der Waals surface area contributed by atoms with Gasteiger partial charge in [-0.2, -0.15) is 11.8 Å². The van der Waals surface area contributed by atoms with E-state index in [1.54, 1.807) is 0 Å². The fourth-order valence-electron chi connectivity index (χ4n) is 1.93. The molecule has 2 aliphatic rings. The Bertz CT molecular complexity index is 204. The van der Waals surface area contributed by atoms with Crippen molar-refractivity contribution in [2.75, 3.05) is 18.2 Å². The molecule has 3 nitrogen and oxygen atoms in total. The van der Waals surface area contributed by atoms with Gasteiger partial charge in [0.15, 0.2) is 0 Å². The minimum atomic E-state index is 0.0342. The highest BCUT2D eigenvalue weighted by molar-refractivity contribution is 7.99. The quantitative estimate of drug-likeness (QED) is 0.675. The highest BCUT2D eigenvalue weighted by Crippen LogP contribution is 2.23. The van der Waals surface area contributed by atoms with E-state index in [0.29, 0.717) is 6.04 Å². The first-order valence-corrected chi connectivity index (χ1v) is 6.06. The summed E-state index contributed by atoms with van der Waals surface area (Å²) < 4.78 is 0. The van der Waals surface area contributed by atoms with Crippen molar-refractivity contribution in [2.45, 2.75) is 31.8 Å². The van der Waals surface area contributed by atoms with E-state index in [2.05, 4.69) is 5.32 Å². The zero-order chi connectivity index (χ0) is 9.26. The van der Waals surface area contributed by atoms with E-state index in [1.807, 2.05) is 23.6 Å². The minimum absolute atomic E-state index is 0.0342. The molecule has 0 aliphatic carbocycles. The Morgan fingerprint density at radius 2 is 2.46 bits per heavy atom. The predicted octanol–water partition coefficient (Wildman–Crippen LogP) is 0.660. The molecule has 0 saturated carbocycles. The van der Waals surface area contributed by atoms with Gasteiger partial charge in [-0.3, -0.25) is 10.1 Å². The number of nitrogens with one attached hydrogen (secondary N) is 1. The number of amides is 1. The van der Waals surface area contributed by atoms with Crippen LogP contribution in [0.2, 0.25) is 0 Å². The summed E-state index contributed by atoms with van der Waals surface area (Å²) in [6, 6.07) is 0.524.